The van der Waals surface area contributed by atoms with Crippen LogP contribution in [0.2, 0.25) is 5.02 Å². The highest BCUT2D eigenvalue weighted by atomic mass is 35.5. The molecule has 0 bridgehead atoms. The van der Waals surface area contributed by atoms with Gasteiger partial charge in [0.05, 0.1) is 11.5 Å². The van der Waals surface area contributed by atoms with Crippen LogP contribution in [0, 0.1) is 10.1 Å². The van der Waals surface area contributed by atoms with E-state index in [1.807, 2.05) is 6.92 Å². The SMILES string of the molecule is CCC(CO)NCc1cc(Cl)cc([N+](=O)[O-])c1O. The summed E-state index contributed by atoms with van der Waals surface area (Å²) in [6.07, 6.45) is 0.708. The quantitative estimate of drug-likeness (QED) is 0.543. The second-order valence-corrected chi connectivity index (χ2v) is 4.29. The maximum atomic E-state index is 10.7. The summed E-state index contributed by atoms with van der Waals surface area (Å²) in [5.41, 5.74) is -0.0857. The Hall–Kier alpha value is -1.37. The number of nitro benzene ring substituents is 1. The van der Waals surface area contributed by atoms with Gasteiger partial charge in [-0.05, 0) is 12.5 Å². The van der Waals surface area contributed by atoms with Gasteiger partial charge in [0.15, 0.2) is 5.75 Å². The van der Waals surface area contributed by atoms with Gasteiger partial charge in [0.1, 0.15) is 0 Å². The van der Waals surface area contributed by atoms with Crippen molar-refractivity contribution in [1.29, 1.82) is 0 Å². The number of hydrogen-bond donors (Lipinski definition) is 3. The first kappa shape index (κ1) is 14.7. The molecular weight excluding hydrogens is 260 g/mol. The minimum atomic E-state index is -0.686. The Bertz CT molecular complexity index is 435. The monoisotopic (exact) mass is 274 g/mol. The van der Waals surface area contributed by atoms with E-state index in [9.17, 15) is 15.2 Å². The number of hydrogen-bond acceptors (Lipinski definition) is 5. The number of aliphatic hydroxyl groups is 1. The highest BCUT2D eigenvalue weighted by molar-refractivity contribution is 6.31. The lowest BCUT2D eigenvalue weighted by molar-refractivity contribution is -0.385. The van der Waals surface area contributed by atoms with E-state index >= 15 is 0 Å². The van der Waals surface area contributed by atoms with Crippen molar-refractivity contribution in [3.8, 4) is 5.75 Å². The summed E-state index contributed by atoms with van der Waals surface area (Å²) in [4.78, 5) is 10.0. The molecule has 18 heavy (non-hydrogen) atoms. The molecule has 0 spiro atoms. The molecule has 0 amide bonds. The average Bonchev–Trinajstić information content (AvgIpc) is 2.33. The van der Waals surface area contributed by atoms with Crippen LogP contribution in [0.3, 0.4) is 0 Å². The van der Waals surface area contributed by atoms with E-state index in [1.54, 1.807) is 0 Å². The number of phenolic OH excluding ortho intramolecular Hbond substituents is 1. The topological polar surface area (TPSA) is 95.6 Å². The zero-order chi connectivity index (χ0) is 13.7. The van der Waals surface area contributed by atoms with Crippen molar-refractivity contribution in [1.82, 2.24) is 5.32 Å². The molecule has 0 aromatic heterocycles. The maximum absolute atomic E-state index is 10.7. The number of aromatic hydroxyl groups is 1. The van der Waals surface area contributed by atoms with Gasteiger partial charge in [-0.1, -0.05) is 18.5 Å². The number of rotatable bonds is 6. The normalized spacial score (nSPS) is 12.4. The van der Waals surface area contributed by atoms with Crippen molar-refractivity contribution in [2.45, 2.75) is 25.9 Å². The summed E-state index contributed by atoms with van der Waals surface area (Å²) < 4.78 is 0. The van der Waals surface area contributed by atoms with Crippen molar-refractivity contribution < 1.29 is 15.1 Å². The zero-order valence-corrected chi connectivity index (χ0v) is 10.6. The molecule has 100 valence electrons. The Balaban J connectivity index is 2.92. The number of aliphatic hydroxyl groups excluding tert-OH is 1. The molecule has 1 unspecified atom stereocenters. The van der Waals surface area contributed by atoms with Gasteiger partial charge in [-0.3, -0.25) is 10.1 Å². The number of nitrogens with one attached hydrogen (secondary N) is 1. The van der Waals surface area contributed by atoms with E-state index in [-0.39, 0.29) is 24.2 Å². The van der Waals surface area contributed by atoms with Crippen molar-refractivity contribution in [2.24, 2.45) is 0 Å². The molecule has 0 aliphatic heterocycles. The van der Waals surface area contributed by atoms with Crippen LogP contribution in [0.4, 0.5) is 5.69 Å². The smallest absolute Gasteiger partial charge is 0.312 e. The number of nitro groups is 1. The van der Waals surface area contributed by atoms with Gasteiger partial charge in [0, 0.05) is 29.2 Å². The first-order valence-electron chi connectivity index (χ1n) is 5.49. The molecule has 3 N–H and O–H groups in total. The average molecular weight is 275 g/mol. The lowest BCUT2D eigenvalue weighted by Crippen LogP contribution is -2.31. The standard InChI is InChI=1S/C11H15ClN2O4/c1-2-9(6-15)13-5-7-3-8(12)4-10(11(7)16)14(17)18/h3-4,9,13,15-16H,2,5-6H2,1H3. The first-order chi connectivity index (χ1) is 8.49. The molecule has 0 fully saturated rings. The molecule has 0 saturated carbocycles. The molecule has 0 heterocycles. The molecule has 1 aromatic carbocycles. The highest BCUT2D eigenvalue weighted by Gasteiger charge is 2.18. The predicted molar refractivity (Wildman–Crippen MR) is 67.8 cm³/mol. The minimum Gasteiger partial charge on any atom is -0.502 e. The molecule has 0 aliphatic rings. The third kappa shape index (κ3) is 3.56. The molecule has 1 atom stereocenters. The van der Waals surface area contributed by atoms with Crippen molar-refractivity contribution in [2.75, 3.05) is 6.61 Å². The summed E-state index contributed by atoms with van der Waals surface area (Å²) in [6, 6.07) is 2.44. The zero-order valence-electron chi connectivity index (χ0n) is 9.89. The summed E-state index contributed by atoms with van der Waals surface area (Å²) in [5, 5.41) is 32.6. The summed E-state index contributed by atoms with van der Waals surface area (Å²) in [7, 11) is 0. The highest BCUT2D eigenvalue weighted by Crippen LogP contribution is 2.33. The fraction of sp³-hybridized carbons (Fsp3) is 0.455. The number of halogens is 1. The van der Waals surface area contributed by atoms with Gasteiger partial charge < -0.3 is 15.5 Å². The molecule has 0 radical (unpaired) electrons. The predicted octanol–water partition coefficient (Wildman–Crippen LogP) is 1.81. The minimum absolute atomic E-state index is 0.0417. The third-order valence-corrected chi connectivity index (χ3v) is 2.84. The Morgan fingerprint density at radius 2 is 2.22 bits per heavy atom. The Morgan fingerprint density at radius 1 is 1.56 bits per heavy atom. The van der Waals surface area contributed by atoms with Gasteiger partial charge in [-0.25, -0.2) is 0 Å². The van der Waals surface area contributed by atoms with Crippen LogP contribution in [-0.4, -0.2) is 27.8 Å². The van der Waals surface area contributed by atoms with Crippen LogP contribution in [0.1, 0.15) is 18.9 Å². The fourth-order valence-electron chi connectivity index (χ4n) is 1.51. The number of benzene rings is 1. The van der Waals surface area contributed by atoms with Crippen LogP contribution in [0.15, 0.2) is 12.1 Å². The summed E-state index contributed by atoms with van der Waals surface area (Å²) in [5.74, 6) is -0.398. The molecule has 1 rings (SSSR count). The largest absolute Gasteiger partial charge is 0.502 e. The Labute approximate surface area is 109 Å². The van der Waals surface area contributed by atoms with Crippen LogP contribution in [-0.2, 0) is 6.54 Å². The van der Waals surface area contributed by atoms with Crippen LogP contribution in [0.25, 0.3) is 0 Å². The molecule has 7 heteroatoms. The van der Waals surface area contributed by atoms with E-state index in [0.717, 1.165) is 6.07 Å². The maximum Gasteiger partial charge on any atom is 0.312 e. The fourth-order valence-corrected chi connectivity index (χ4v) is 1.74. The lowest BCUT2D eigenvalue weighted by Gasteiger charge is -2.14. The second-order valence-electron chi connectivity index (χ2n) is 3.86. The molecule has 0 aliphatic carbocycles. The van der Waals surface area contributed by atoms with Crippen LogP contribution in [0.5, 0.6) is 5.75 Å². The lowest BCUT2D eigenvalue weighted by atomic mass is 10.1. The van der Waals surface area contributed by atoms with Crippen LogP contribution < -0.4 is 5.32 Å². The van der Waals surface area contributed by atoms with E-state index in [0.29, 0.717) is 12.0 Å². The van der Waals surface area contributed by atoms with Gasteiger partial charge in [0.2, 0.25) is 0 Å². The number of nitrogens with zero attached hydrogens (tertiary/aromatic N) is 1. The number of phenols is 1. The van der Waals surface area contributed by atoms with Gasteiger partial charge in [0.25, 0.3) is 0 Å². The van der Waals surface area contributed by atoms with Gasteiger partial charge in [-0.2, -0.15) is 0 Å². The molecular formula is C11H15ClN2O4. The Kier molecular flexibility index (Phi) is 5.33. The van der Waals surface area contributed by atoms with E-state index in [2.05, 4.69) is 5.32 Å². The molecule has 0 saturated heterocycles. The van der Waals surface area contributed by atoms with Gasteiger partial charge in [-0.15, -0.1) is 0 Å². The summed E-state index contributed by atoms with van der Waals surface area (Å²) >= 11 is 5.76. The van der Waals surface area contributed by atoms with Crippen molar-refractivity contribution in [3.63, 3.8) is 0 Å². The van der Waals surface area contributed by atoms with Gasteiger partial charge >= 0.3 is 5.69 Å². The van der Waals surface area contributed by atoms with E-state index < -0.39 is 16.4 Å². The third-order valence-electron chi connectivity index (χ3n) is 2.62. The Morgan fingerprint density at radius 3 is 2.72 bits per heavy atom. The first-order valence-corrected chi connectivity index (χ1v) is 5.87. The van der Waals surface area contributed by atoms with E-state index in [4.69, 9.17) is 16.7 Å². The summed E-state index contributed by atoms with van der Waals surface area (Å²) in [6.45, 7) is 2.06. The second kappa shape index (κ2) is 6.53. The van der Waals surface area contributed by atoms with Crippen LogP contribution >= 0.6 is 11.6 Å². The molecule has 1 aromatic rings. The van der Waals surface area contributed by atoms with Crippen molar-refractivity contribution >= 4 is 17.3 Å². The van der Waals surface area contributed by atoms with E-state index in [1.165, 1.54) is 6.07 Å². The molecule has 6 nitrogen and oxygen atoms in total. The van der Waals surface area contributed by atoms with Crippen molar-refractivity contribution in [3.05, 3.63) is 32.8 Å².